The first-order valence-electron chi connectivity index (χ1n) is 11.1. The summed E-state index contributed by atoms with van der Waals surface area (Å²) < 4.78 is 2.50. The summed E-state index contributed by atoms with van der Waals surface area (Å²) >= 11 is 2.29. The highest BCUT2D eigenvalue weighted by molar-refractivity contribution is 14.1. The van der Waals surface area contributed by atoms with Gasteiger partial charge in [0.25, 0.3) is 5.91 Å². The molecule has 0 aliphatic heterocycles. The highest BCUT2D eigenvalue weighted by Crippen LogP contribution is 2.26. The number of nitrogens with zero attached hydrogens (tertiary/aromatic N) is 1. The highest BCUT2D eigenvalue weighted by Gasteiger charge is 2.21. The molecule has 5 heteroatoms. The fraction of sp³-hybridized carbons (Fsp3) is 0.214. The first kappa shape index (κ1) is 23.2. The SMILES string of the molecule is CC(Cc1cn(C(=O)c2ccccc2CI)c2ccccc12)C(=O)NC(C)c1ccccc1. The van der Waals surface area contributed by atoms with Crippen LogP contribution >= 0.6 is 22.6 Å². The van der Waals surface area contributed by atoms with Gasteiger partial charge in [-0.05, 0) is 42.2 Å². The first-order valence-corrected chi connectivity index (χ1v) is 12.6. The predicted molar refractivity (Wildman–Crippen MR) is 142 cm³/mol. The third kappa shape index (κ3) is 5.03. The van der Waals surface area contributed by atoms with E-state index in [1.165, 1.54) is 0 Å². The molecule has 1 aromatic heterocycles. The third-order valence-electron chi connectivity index (χ3n) is 6.04. The number of para-hydroxylation sites is 1. The second-order valence-corrected chi connectivity index (χ2v) is 9.15. The fourth-order valence-electron chi connectivity index (χ4n) is 4.16. The molecule has 0 aliphatic rings. The van der Waals surface area contributed by atoms with Crippen LogP contribution in [-0.2, 0) is 15.6 Å². The molecule has 1 N–H and O–H groups in total. The van der Waals surface area contributed by atoms with E-state index in [0.717, 1.165) is 32.0 Å². The number of rotatable bonds is 7. The summed E-state index contributed by atoms with van der Waals surface area (Å²) in [5, 5.41) is 4.13. The molecule has 4 rings (SSSR count). The number of hydrogen-bond acceptors (Lipinski definition) is 2. The monoisotopic (exact) mass is 550 g/mol. The van der Waals surface area contributed by atoms with Crippen LogP contribution in [0.5, 0.6) is 0 Å². The van der Waals surface area contributed by atoms with Crippen LogP contribution in [-0.4, -0.2) is 16.4 Å². The van der Waals surface area contributed by atoms with Crippen LogP contribution < -0.4 is 5.32 Å². The largest absolute Gasteiger partial charge is 0.349 e. The highest BCUT2D eigenvalue weighted by atomic mass is 127. The molecule has 4 nitrogen and oxygen atoms in total. The van der Waals surface area contributed by atoms with Crippen LogP contribution in [0, 0.1) is 5.92 Å². The molecular formula is C28H27IN2O2. The van der Waals surface area contributed by atoms with Crippen molar-refractivity contribution in [3.63, 3.8) is 0 Å². The lowest BCUT2D eigenvalue weighted by atomic mass is 9.99. The van der Waals surface area contributed by atoms with Gasteiger partial charge in [0.05, 0.1) is 11.6 Å². The smallest absolute Gasteiger partial charge is 0.262 e. The lowest BCUT2D eigenvalue weighted by Gasteiger charge is -2.18. The van der Waals surface area contributed by atoms with Gasteiger partial charge in [-0.1, -0.05) is 96.2 Å². The van der Waals surface area contributed by atoms with Gasteiger partial charge < -0.3 is 5.32 Å². The minimum absolute atomic E-state index is 0.00442. The Hall–Kier alpha value is -2.93. The number of nitrogens with one attached hydrogen (secondary N) is 1. The molecule has 2 unspecified atom stereocenters. The predicted octanol–water partition coefficient (Wildman–Crippen LogP) is 6.32. The van der Waals surface area contributed by atoms with Crippen molar-refractivity contribution < 1.29 is 9.59 Å². The molecule has 0 saturated heterocycles. The molecule has 1 amide bonds. The minimum atomic E-state index is -0.229. The van der Waals surface area contributed by atoms with Gasteiger partial charge in [0.1, 0.15) is 0 Å². The molecule has 1 heterocycles. The topological polar surface area (TPSA) is 51.1 Å². The van der Waals surface area contributed by atoms with Crippen molar-refractivity contribution in [1.82, 2.24) is 9.88 Å². The Labute approximate surface area is 208 Å². The van der Waals surface area contributed by atoms with Crippen molar-refractivity contribution in [3.8, 4) is 0 Å². The zero-order chi connectivity index (χ0) is 23.4. The maximum atomic E-state index is 13.5. The quantitative estimate of drug-likeness (QED) is 0.216. The summed E-state index contributed by atoms with van der Waals surface area (Å²) in [5.74, 6) is -0.267. The Morgan fingerprint density at radius 2 is 1.55 bits per heavy atom. The lowest BCUT2D eigenvalue weighted by molar-refractivity contribution is -0.125. The number of alkyl halides is 1. The summed E-state index contributed by atoms with van der Waals surface area (Å²) in [6, 6.07) is 25.5. The lowest BCUT2D eigenvalue weighted by Crippen LogP contribution is -2.32. The van der Waals surface area contributed by atoms with Crippen molar-refractivity contribution in [1.29, 1.82) is 0 Å². The van der Waals surface area contributed by atoms with E-state index in [1.54, 1.807) is 4.57 Å². The Bertz CT molecular complexity index is 1280. The second kappa shape index (κ2) is 10.3. The number of carbonyl (C=O) groups excluding carboxylic acids is 2. The van der Waals surface area contributed by atoms with Crippen LogP contribution in [0.4, 0.5) is 0 Å². The van der Waals surface area contributed by atoms with Gasteiger partial charge >= 0.3 is 0 Å². The van der Waals surface area contributed by atoms with Crippen LogP contribution in [0.25, 0.3) is 10.9 Å². The van der Waals surface area contributed by atoms with E-state index >= 15 is 0 Å². The average Bonchev–Trinajstić information content (AvgIpc) is 3.22. The number of amides is 1. The molecule has 0 bridgehead atoms. The molecule has 4 aromatic rings. The minimum Gasteiger partial charge on any atom is -0.349 e. The van der Waals surface area contributed by atoms with Crippen molar-refractivity contribution in [2.24, 2.45) is 5.92 Å². The fourth-order valence-corrected chi connectivity index (χ4v) is 4.82. The van der Waals surface area contributed by atoms with E-state index in [2.05, 4.69) is 27.9 Å². The Morgan fingerprint density at radius 3 is 2.30 bits per heavy atom. The van der Waals surface area contributed by atoms with Gasteiger partial charge in [0.2, 0.25) is 5.91 Å². The van der Waals surface area contributed by atoms with Crippen molar-refractivity contribution >= 4 is 45.3 Å². The maximum absolute atomic E-state index is 13.5. The van der Waals surface area contributed by atoms with Crippen molar-refractivity contribution in [2.75, 3.05) is 0 Å². The van der Waals surface area contributed by atoms with Gasteiger partial charge in [0.15, 0.2) is 0 Å². The molecule has 0 aliphatic carbocycles. The van der Waals surface area contributed by atoms with Gasteiger partial charge in [0, 0.05) is 27.5 Å². The zero-order valence-corrected chi connectivity index (χ0v) is 21.0. The molecular weight excluding hydrogens is 523 g/mol. The van der Waals surface area contributed by atoms with Crippen LogP contribution in [0.15, 0.2) is 85.1 Å². The number of fused-ring (bicyclic) bond motifs is 1. The molecule has 0 radical (unpaired) electrons. The standard InChI is InChI=1S/C28H27IN2O2/c1-19(27(32)30-20(2)21-10-4-3-5-11-21)16-23-18-31(26-15-9-8-13-24(23)26)28(33)25-14-7-6-12-22(25)17-29/h3-15,18-20H,16-17H2,1-2H3,(H,30,32). The molecule has 168 valence electrons. The number of halogens is 1. The van der Waals surface area contributed by atoms with E-state index < -0.39 is 0 Å². The number of aromatic nitrogens is 1. The maximum Gasteiger partial charge on any atom is 0.262 e. The summed E-state index contributed by atoms with van der Waals surface area (Å²) in [6.45, 7) is 3.93. The van der Waals surface area contributed by atoms with Crippen LogP contribution in [0.2, 0.25) is 0 Å². The first-order chi connectivity index (χ1) is 16.0. The van der Waals surface area contributed by atoms with Gasteiger partial charge in [-0.15, -0.1) is 0 Å². The third-order valence-corrected chi connectivity index (χ3v) is 6.86. The Morgan fingerprint density at radius 1 is 0.879 bits per heavy atom. The summed E-state index contributed by atoms with van der Waals surface area (Å²) in [5.41, 5.74) is 4.67. The Balaban J connectivity index is 1.59. The summed E-state index contributed by atoms with van der Waals surface area (Å²) in [7, 11) is 0. The summed E-state index contributed by atoms with van der Waals surface area (Å²) in [6.07, 6.45) is 2.46. The van der Waals surface area contributed by atoms with Gasteiger partial charge in [-0.25, -0.2) is 0 Å². The number of hydrogen-bond donors (Lipinski definition) is 1. The number of benzene rings is 3. The Kier molecular flexibility index (Phi) is 7.28. The number of carbonyl (C=O) groups is 2. The van der Waals surface area contributed by atoms with Crippen molar-refractivity contribution in [2.45, 2.75) is 30.7 Å². The van der Waals surface area contributed by atoms with E-state index in [-0.39, 0.29) is 23.8 Å². The zero-order valence-electron chi connectivity index (χ0n) is 18.8. The van der Waals surface area contributed by atoms with Gasteiger partial charge in [-0.3, -0.25) is 14.2 Å². The molecule has 0 spiro atoms. The van der Waals surface area contributed by atoms with Crippen LogP contribution in [0.3, 0.4) is 0 Å². The van der Waals surface area contributed by atoms with E-state index in [4.69, 9.17) is 0 Å². The normalized spacial score (nSPS) is 12.9. The molecule has 0 saturated carbocycles. The summed E-state index contributed by atoms with van der Waals surface area (Å²) in [4.78, 5) is 26.4. The van der Waals surface area contributed by atoms with Gasteiger partial charge in [-0.2, -0.15) is 0 Å². The van der Waals surface area contributed by atoms with Crippen LogP contribution in [0.1, 0.15) is 46.9 Å². The van der Waals surface area contributed by atoms with E-state index in [1.807, 2.05) is 98.9 Å². The van der Waals surface area contributed by atoms with E-state index in [9.17, 15) is 9.59 Å². The molecule has 3 aromatic carbocycles. The molecule has 0 fully saturated rings. The molecule has 33 heavy (non-hydrogen) atoms. The van der Waals surface area contributed by atoms with Crippen molar-refractivity contribution in [3.05, 3.63) is 107 Å². The average molecular weight is 550 g/mol. The van der Waals surface area contributed by atoms with E-state index in [0.29, 0.717) is 12.0 Å². The second-order valence-electron chi connectivity index (χ2n) is 8.38. The molecule has 2 atom stereocenters.